The van der Waals surface area contributed by atoms with Gasteiger partial charge in [0.05, 0.1) is 0 Å². The summed E-state index contributed by atoms with van der Waals surface area (Å²) in [5.41, 5.74) is 0. The molecule has 1 fully saturated rings. The second-order valence-corrected chi connectivity index (χ2v) is 5.02. The predicted molar refractivity (Wildman–Crippen MR) is 65.0 cm³/mol. The molecule has 0 amide bonds. The van der Waals surface area contributed by atoms with Gasteiger partial charge in [-0.1, -0.05) is 64.2 Å². The van der Waals surface area contributed by atoms with Crippen molar-refractivity contribution in [2.45, 2.75) is 77.0 Å². The van der Waals surface area contributed by atoms with Gasteiger partial charge in [-0.15, -0.1) is 0 Å². The number of hydrogen-bond acceptors (Lipinski definition) is 1. The monoisotopic (exact) mass is 210 g/mol. The van der Waals surface area contributed by atoms with Gasteiger partial charge in [-0.25, -0.2) is 0 Å². The Hall–Kier alpha value is -0.330. The van der Waals surface area contributed by atoms with Crippen LogP contribution in [0.1, 0.15) is 77.0 Å². The number of carbonyl (C=O) groups excluding carboxylic acids is 1. The molecule has 15 heavy (non-hydrogen) atoms. The van der Waals surface area contributed by atoms with Crippen molar-refractivity contribution < 1.29 is 4.79 Å². The Morgan fingerprint density at radius 2 is 1.40 bits per heavy atom. The van der Waals surface area contributed by atoms with E-state index in [1.54, 1.807) is 0 Å². The van der Waals surface area contributed by atoms with E-state index in [1.165, 1.54) is 64.2 Å². The molecule has 0 unspecified atom stereocenters. The highest BCUT2D eigenvalue weighted by Gasteiger charge is 2.09. The van der Waals surface area contributed by atoms with Gasteiger partial charge in [-0.05, 0) is 12.3 Å². The molecule has 0 N–H and O–H groups in total. The van der Waals surface area contributed by atoms with Gasteiger partial charge in [0.15, 0.2) is 0 Å². The Morgan fingerprint density at radius 3 is 1.93 bits per heavy atom. The van der Waals surface area contributed by atoms with E-state index in [-0.39, 0.29) is 0 Å². The second kappa shape index (κ2) is 8.94. The fraction of sp³-hybridized carbons (Fsp3) is 0.929. The summed E-state index contributed by atoms with van der Waals surface area (Å²) in [7, 11) is 0. The Bertz CT molecular complexity index is 143. The standard InChI is InChI=1S/C14H26O/c15-13-9-8-12-14-10-6-4-2-1-3-5-7-11-14/h13-14H,1-12H2. The van der Waals surface area contributed by atoms with Crippen molar-refractivity contribution in [1.82, 2.24) is 0 Å². The van der Waals surface area contributed by atoms with E-state index < -0.39 is 0 Å². The summed E-state index contributed by atoms with van der Waals surface area (Å²) >= 11 is 0. The molecule has 1 aliphatic carbocycles. The van der Waals surface area contributed by atoms with Crippen LogP contribution in [-0.4, -0.2) is 6.29 Å². The average molecular weight is 210 g/mol. The van der Waals surface area contributed by atoms with Crippen molar-refractivity contribution in [3.05, 3.63) is 0 Å². The Morgan fingerprint density at radius 1 is 0.867 bits per heavy atom. The zero-order valence-electron chi connectivity index (χ0n) is 10.0. The SMILES string of the molecule is O=CCCCC1CCCCCCCCC1. The third kappa shape index (κ3) is 6.70. The molecule has 0 bridgehead atoms. The lowest BCUT2D eigenvalue weighted by molar-refractivity contribution is -0.108. The van der Waals surface area contributed by atoms with Crippen LogP contribution >= 0.6 is 0 Å². The molecule has 0 aromatic carbocycles. The van der Waals surface area contributed by atoms with Crippen molar-refractivity contribution in [3.8, 4) is 0 Å². The minimum Gasteiger partial charge on any atom is -0.303 e. The molecular formula is C14H26O. The van der Waals surface area contributed by atoms with E-state index in [4.69, 9.17) is 0 Å². The van der Waals surface area contributed by atoms with Crippen molar-refractivity contribution in [2.24, 2.45) is 5.92 Å². The topological polar surface area (TPSA) is 17.1 Å². The zero-order valence-corrected chi connectivity index (χ0v) is 10.0. The minimum absolute atomic E-state index is 0.774. The Kier molecular flexibility index (Phi) is 7.59. The van der Waals surface area contributed by atoms with Crippen LogP contribution in [0.25, 0.3) is 0 Å². The van der Waals surface area contributed by atoms with Gasteiger partial charge in [0.25, 0.3) is 0 Å². The normalized spacial score (nSPS) is 21.1. The fourth-order valence-electron chi connectivity index (χ4n) is 2.67. The van der Waals surface area contributed by atoms with Crippen LogP contribution in [-0.2, 0) is 4.79 Å². The van der Waals surface area contributed by atoms with Crippen LogP contribution < -0.4 is 0 Å². The third-order valence-electron chi connectivity index (χ3n) is 3.66. The molecule has 0 heterocycles. The molecule has 1 saturated carbocycles. The number of hydrogen-bond donors (Lipinski definition) is 0. The lowest BCUT2D eigenvalue weighted by Crippen LogP contribution is -2.02. The van der Waals surface area contributed by atoms with Crippen molar-refractivity contribution in [2.75, 3.05) is 0 Å². The molecule has 0 aliphatic heterocycles. The van der Waals surface area contributed by atoms with Gasteiger partial charge in [0, 0.05) is 6.42 Å². The average Bonchev–Trinajstić information content (AvgIpc) is 2.27. The number of unbranched alkanes of at least 4 members (excludes halogenated alkanes) is 1. The van der Waals surface area contributed by atoms with Crippen molar-refractivity contribution >= 4 is 6.29 Å². The number of rotatable bonds is 4. The van der Waals surface area contributed by atoms with Crippen LogP contribution in [0.3, 0.4) is 0 Å². The van der Waals surface area contributed by atoms with Gasteiger partial charge in [-0.3, -0.25) is 0 Å². The van der Waals surface area contributed by atoms with Crippen LogP contribution in [0.4, 0.5) is 0 Å². The first-order chi connectivity index (χ1) is 7.43. The van der Waals surface area contributed by atoms with Gasteiger partial charge in [-0.2, -0.15) is 0 Å². The highest BCUT2D eigenvalue weighted by Crippen LogP contribution is 2.25. The van der Waals surface area contributed by atoms with E-state index >= 15 is 0 Å². The van der Waals surface area contributed by atoms with Crippen LogP contribution in [0.15, 0.2) is 0 Å². The third-order valence-corrected chi connectivity index (χ3v) is 3.66. The van der Waals surface area contributed by atoms with E-state index in [1.807, 2.05) is 0 Å². The summed E-state index contributed by atoms with van der Waals surface area (Å²) in [6, 6.07) is 0. The minimum atomic E-state index is 0.774. The van der Waals surface area contributed by atoms with Crippen LogP contribution in [0.5, 0.6) is 0 Å². The molecule has 1 heteroatoms. The largest absolute Gasteiger partial charge is 0.303 e. The van der Waals surface area contributed by atoms with E-state index in [0.717, 1.165) is 25.0 Å². The van der Waals surface area contributed by atoms with Gasteiger partial charge >= 0.3 is 0 Å². The second-order valence-electron chi connectivity index (χ2n) is 5.02. The zero-order chi connectivity index (χ0) is 10.8. The van der Waals surface area contributed by atoms with E-state index in [9.17, 15) is 4.79 Å². The summed E-state index contributed by atoms with van der Waals surface area (Å²) in [6.07, 6.45) is 17.1. The number of carbonyl (C=O) groups is 1. The van der Waals surface area contributed by atoms with E-state index in [2.05, 4.69) is 0 Å². The van der Waals surface area contributed by atoms with Crippen LogP contribution in [0.2, 0.25) is 0 Å². The van der Waals surface area contributed by atoms with Gasteiger partial charge < -0.3 is 4.79 Å². The molecule has 0 aromatic heterocycles. The summed E-state index contributed by atoms with van der Waals surface area (Å²) < 4.78 is 0. The summed E-state index contributed by atoms with van der Waals surface area (Å²) in [4.78, 5) is 10.3. The first-order valence-corrected chi connectivity index (χ1v) is 6.87. The molecule has 0 saturated heterocycles. The van der Waals surface area contributed by atoms with Crippen molar-refractivity contribution in [1.29, 1.82) is 0 Å². The van der Waals surface area contributed by atoms with Gasteiger partial charge in [0.1, 0.15) is 6.29 Å². The Balaban J connectivity index is 2.16. The lowest BCUT2D eigenvalue weighted by atomic mass is 9.89. The maximum absolute atomic E-state index is 10.3. The molecule has 0 aromatic rings. The molecule has 1 aliphatic rings. The molecule has 1 nitrogen and oxygen atoms in total. The fourth-order valence-corrected chi connectivity index (χ4v) is 2.67. The highest BCUT2D eigenvalue weighted by atomic mass is 16.1. The smallest absolute Gasteiger partial charge is 0.119 e. The Labute approximate surface area is 94.6 Å². The quantitative estimate of drug-likeness (QED) is 0.493. The molecule has 0 atom stereocenters. The first-order valence-electron chi connectivity index (χ1n) is 6.87. The molecule has 0 spiro atoms. The molecule has 0 radical (unpaired) electrons. The lowest BCUT2D eigenvalue weighted by Gasteiger charge is -2.17. The highest BCUT2D eigenvalue weighted by molar-refractivity contribution is 5.48. The molecule has 88 valence electrons. The van der Waals surface area contributed by atoms with Gasteiger partial charge in [0.2, 0.25) is 0 Å². The summed E-state index contributed by atoms with van der Waals surface area (Å²) in [5, 5.41) is 0. The maximum Gasteiger partial charge on any atom is 0.119 e. The first kappa shape index (κ1) is 12.7. The molecular weight excluding hydrogens is 184 g/mol. The maximum atomic E-state index is 10.3. The van der Waals surface area contributed by atoms with Crippen molar-refractivity contribution in [3.63, 3.8) is 0 Å². The number of aldehydes is 1. The molecule has 1 rings (SSSR count). The van der Waals surface area contributed by atoms with E-state index in [0.29, 0.717) is 0 Å². The summed E-state index contributed by atoms with van der Waals surface area (Å²) in [5.74, 6) is 0.919. The predicted octanol–water partition coefficient (Wildman–Crippen LogP) is 4.50. The van der Waals surface area contributed by atoms with Crippen LogP contribution in [0, 0.1) is 5.92 Å². The summed E-state index contributed by atoms with van der Waals surface area (Å²) in [6.45, 7) is 0.